The predicted octanol–water partition coefficient (Wildman–Crippen LogP) is 6.04. The van der Waals surface area contributed by atoms with E-state index in [9.17, 15) is 20.2 Å². The molecule has 4 aromatic rings. The number of anilines is 1. The monoisotopic (exact) mass is 777 g/mol. The van der Waals surface area contributed by atoms with Crippen molar-refractivity contribution in [3.8, 4) is 0 Å². The highest BCUT2D eigenvalue weighted by Gasteiger charge is 2.37. The molecule has 0 unspecified atom stereocenters. The van der Waals surface area contributed by atoms with Crippen LogP contribution in [0.5, 0.6) is 0 Å². The van der Waals surface area contributed by atoms with Gasteiger partial charge < -0.3 is 43.2 Å². The fourth-order valence-electron chi connectivity index (χ4n) is 5.64. The van der Waals surface area contributed by atoms with Crippen LogP contribution in [-0.4, -0.2) is 115 Å². The smallest absolute Gasteiger partial charge is 0.299 e. The normalized spacial score (nSPS) is 11.4. The van der Waals surface area contributed by atoms with Crippen LogP contribution in [0.2, 0.25) is 0 Å². The SMILES string of the molecule is O=[N+]([O-])c1ccc(NCCOCCOCCOCCOCCOCCOCCOCCOC(c2ccccc2)(c2ccccc2)c2ccccc2)c([N+](=O)[O-])c1. The van der Waals surface area contributed by atoms with Gasteiger partial charge in [-0.2, -0.15) is 0 Å². The van der Waals surface area contributed by atoms with E-state index in [1.165, 1.54) is 12.1 Å². The van der Waals surface area contributed by atoms with E-state index in [-0.39, 0.29) is 30.2 Å². The van der Waals surface area contributed by atoms with Gasteiger partial charge in [0.1, 0.15) is 11.3 Å². The lowest BCUT2D eigenvalue weighted by molar-refractivity contribution is -0.393. The Kier molecular flexibility index (Phi) is 20.4. The van der Waals surface area contributed by atoms with Crippen molar-refractivity contribution in [2.24, 2.45) is 0 Å². The largest absolute Gasteiger partial charge is 0.377 e. The van der Waals surface area contributed by atoms with Crippen LogP contribution in [0.3, 0.4) is 0 Å². The maximum atomic E-state index is 11.2. The molecule has 4 rings (SSSR count). The first-order valence-electron chi connectivity index (χ1n) is 18.5. The zero-order valence-electron chi connectivity index (χ0n) is 31.5. The molecule has 0 heterocycles. The van der Waals surface area contributed by atoms with Crippen LogP contribution in [0.4, 0.5) is 17.1 Å². The summed E-state index contributed by atoms with van der Waals surface area (Å²) >= 11 is 0. The number of nitrogens with one attached hydrogen (secondary N) is 1. The fraction of sp³-hybridized carbons (Fsp3) is 0.415. The minimum atomic E-state index is -0.771. The highest BCUT2D eigenvalue weighted by Crippen LogP contribution is 2.40. The highest BCUT2D eigenvalue weighted by atomic mass is 16.6. The number of non-ortho nitro benzene ring substituents is 1. The van der Waals surface area contributed by atoms with Crippen molar-refractivity contribution in [2.75, 3.05) is 111 Å². The third-order valence-electron chi connectivity index (χ3n) is 8.27. The van der Waals surface area contributed by atoms with Gasteiger partial charge in [0.05, 0.1) is 115 Å². The minimum Gasteiger partial charge on any atom is -0.377 e. The summed E-state index contributed by atoms with van der Waals surface area (Å²) < 4.78 is 45.7. The molecular formula is C41H51N3O12. The highest BCUT2D eigenvalue weighted by molar-refractivity contribution is 5.65. The van der Waals surface area contributed by atoms with Gasteiger partial charge >= 0.3 is 0 Å². The predicted molar refractivity (Wildman–Crippen MR) is 209 cm³/mol. The zero-order chi connectivity index (χ0) is 39.5. The summed E-state index contributed by atoms with van der Waals surface area (Å²) in [6, 6.07) is 34.2. The lowest BCUT2D eigenvalue weighted by Gasteiger charge is -2.36. The summed E-state index contributed by atoms with van der Waals surface area (Å²) in [7, 11) is 0. The Balaban J connectivity index is 0.927. The summed E-state index contributed by atoms with van der Waals surface area (Å²) in [5.74, 6) is 0. The van der Waals surface area contributed by atoms with Crippen LogP contribution >= 0.6 is 0 Å². The van der Waals surface area contributed by atoms with Gasteiger partial charge in [-0.3, -0.25) is 20.2 Å². The van der Waals surface area contributed by atoms with Gasteiger partial charge in [-0.25, -0.2) is 0 Å². The summed E-state index contributed by atoms with van der Waals surface area (Å²) in [6.07, 6.45) is 0. The van der Waals surface area contributed by atoms with Gasteiger partial charge in [-0.15, -0.1) is 0 Å². The molecule has 302 valence electrons. The number of hydrogen-bond acceptors (Lipinski definition) is 13. The molecule has 4 aromatic carbocycles. The van der Waals surface area contributed by atoms with Crippen LogP contribution in [0.25, 0.3) is 0 Å². The molecule has 0 aliphatic heterocycles. The maximum Gasteiger partial charge on any atom is 0.299 e. The van der Waals surface area contributed by atoms with E-state index in [1.807, 2.05) is 54.6 Å². The molecule has 0 fully saturated rings. The zero-order valence-corrected chi connectivity index (χ0v) is 31.5. The Bertz CT molecular complexity index is 1570. The molecule has 0 aliphatic carbocycles. The number of nitro groups is 2. The Morgan fingerprint density at radius 3 is 1.16 bits per heavy atom. The van der Waals surface area contributed by atoms with Gasteiger partial charge in [-0.1, -0.05) is 91.0 Å². The van der Waals surface area contributed by atoms with E-state index >= 15 is 0 Å². The number of nitro benzene ring substituents is 2. The summed E-state index contributed by atoms with van der Waals surface area (Å²) in [5, 5.41) is 24.9. The second kappa shape index (κ2) is 26.1. The van der Waals surface area contributed by atoms with E-state index in [0.29, 0.717) is 92.5 Å². The Morgan fingerprint density at radius 1 is 0.446 bits per heavy atom. The fourth-order valence-corrected chi connectivity index (χ4v) is 5.64. The maximum absolute atomic E-state index is 11.2. The van der Waals surface area contributed by atoms with E-state index in [2.05, 4.69) is 41.7 Å². The van der Waals surface area contributed by atoms with Crippen molar-refractivity contribution in [3.05, 3.63) is 146 Å². The molecule has 0 aliphatic rings. The molecule has 56 heavy (non-hydrogen) atoms. The van der Waals surface area contributed by atoms with Crippen molar-refractivity contribution in [2.45, 2.75) is 5.60 Å². The quantitative estimate of drug-likeness (QED) is 0.0272. The molecule has 0 amide bonds. The third kappa shape index (κ3) is 15.0. The number of ether oxygens (including phenoxy) is 8. The molecule has 0 saturated carbocycles. The van der Waals surface area contributed by atoms with Crippen LogP contribution in [-0.2, 0) is 43.5 Å². The first-order chi connectivity index (χ1) is 27.5. The van der Waals surface area contributed by atoms with Gasteiger partial charge in [0.2, 0.25) is 0 Å². The van der Waals surface area contributed by atoms with E-state index in [0.717, 1.165) is 22.8 Å². The first-order valence-corrected chi connectivity index (χ1v) is 18.5. The second-order valence-corrected chi connectivity index (χ2v) is 12.1. The van der Waals surface area contributed by atoms with E-state index < -0.39 is 15.4 Å². The Labute approximate surface area is 327 Å². The Hall–Kier alpha value is -4.84. The minimum absolute atomic E-state index is 0.185. The molecule has 0 saturated heterocycles. The van der Waals surface area contributed by atoms with Crippen molar-refractivity contribution >= 4 is 17.1 Å². The molecule has 0 radical (unpaired) electrons. The van der Waals surface area contributed by atoms with Crippen LogP contribution in [0.1, 0.15) is 16.7 Å². The molecule has 1 N–H and O–H groups in total. The van der Waals surface area contributed by atoms with Crippen molar-refractivity contribution in [1.82, 2.24) is 0 Å². The molecular weight excluding hydrogens is 726 g/mol. The first kappa shape index (κ1) is 43.9. The number of benzene rings is 4. The van der Waals surface area contributed by atoms with Crippen molar-refractivity contribution < 1.29 is 47.7 Å². The van der Waals surface area contributed by atoms with Crippen LogP contribution in [0.15, 0.2) is 109 Å². The van der Waals surface area contributed by atoms with Crippen molar-refractivity contribution in [1.29, 1.82) is 0 Å². The average Bonchev–Trinajstić information content (AvgIpc) is 3.23. The standard InChI is InChI=1S/C41H51N3O12/c45-43(46)38-16-17-39(40(34-38)44(47)48)42-18-19-49-20-21-50-22-23-51-24-25-52-26-27-53-28-29-54-30-31-55-32-33-56-41(35-10-4-1-5-11-35,36-12-6-2-7-13-36)37-14-8-3-9-15-37/h1-17,34,42H,18-33H2. The lowest BCUT2D eigenvalue weighted by Crippen LogP contribution is -2.34. The summed E-state index contributed by atoms with van der Waals surface area (Å²) in [6.45, 7) is 6.46. The number of rotatable bonds is 31. The average molecular weight is 778 g/mol. The molecule has 0 atom stereocenters. The number of hydrogen-bond donors (Lipinski definition) is 1. The van der Waals surface area contributed by atoms with Gasteiger partial charge in [0.15, 0.2) is 0 Å². The van der Waals surface area contributed by atoms with Crippen LogP contribution in [0, 0.1) is 20.2 Å². The Morgan fingerprint density at radius 2 is 0.804 bits per heavy atom. The van der Waals surface area contributed by atoms with E-state index in [1.54, 1.807) is 0 Å². The molecule has 0 spiro atoms. The third-order valence-corrected chi connectivity index (χ3v) is 8.27. The van der Waals surface area contributed by atoms with Gasteiger partial charge in [-0.05, 0) is 22.8 Å². The second-order valence-electron chi connectivity index (χ2n) is 12.1. The molecule has 15 heteroatoms. The summed E-state index contributed by atoms with van der Waals surface area (Å²) in [4.78, 5) is 20.7. The summed E-state index contributed by atoms with van der Waals surface area (Å²) in [5.41, 5.74) is 1.85. The molecule has 15 nitrogen and oxygen atoms in total. The van der Waals surface area contributed by atoms with Gasteiger partial charge in [0.25, 0.3) is 11.4 Å². The van der Waals surface area contributed by atoms with Crippen LogP contribution < -0.4 is 5.32 Å². The lowest BCUT2D eigenvalue weighted by atomic mass is 9.80. The van der Waals surface area contributed by atoms with Gasteiger partial charge in [0, 0.05) is 12.6 Å². The molecule has 0 bridgehead atoms. The van der Waals surface area contributed by atoms with E-state index in [4.69, 9.17) is 37.9 Å². The molecule has 0 aromatic heterocycles. The topological polar surface area (TPSA) is 172 Å². The van der Waals surface area contributed by atoms with Crippen molar-refractivity contribution in [3.63, 3.8) is 0 Å². The number of nitrogens with zero attached hydrogens (tertiary/aromatic N) is 2.